The van der Waals surface area contributed by atoms with E-state index in [1.54, 1.807) is 30.5 Å². The van der Waals surface area contributed by atoms with Gasteiger partial charge in [0.25, 0.3) is 11.8 Å². The molecule has 98 valence electrons. The largest absolute Gasteiger partial charge is 0.350 e. The highest BCUT2D eigenvalue weighted by molar-refractivity contribution is 7.12. The van der Waals surface area contributed by atoms with Crippen molar-refractivity contribution in [3.8, 4) is 0 Å². The third-order valence-corrected chi connectivity index (χ3v) is 3.21. The highest BCUT2D eigenvalue weighted by Crippen LogP contribution is 2.07. The molecule has 0 atom stereocenters. The lowest BCUT2D eigenvalue weighted by atomic mass is 10.3. The smallest absolute Gasteiger partial charge is 0.269 e. The molecule has 0 aliphatic heterocycles. The topological polar surface area (TPSA) is 71.1 Å². The molecule has 19 heavy (non-hydrogen) atoms. The number of nitrogens with one attached hydrogen (secondary N) is 2. The van der Waals surface area contributed by atoms with Crippen LogP contribution in [-0.4, -0.2) is 29.9 Å². The third-order valence-electron chi connectivity index (χ3n) is 2.34. The molecular formula is C13H13N3O2S. The van der Waals surface area contributed by atoms with Crippen LogP contribution >= 0.6 is 11.3 Å². The highest BCUT2D eigenvalue weighted by Gasteiger charge is 2.07. The third kappa shape index (κ3) is 3.89. The van der Waals surface area contributed by atoms with Crippen molar-refractivity contribution in [1.29, 1.82) is 0 Å². The number of hydrogen-bond donors (Lipinski definition) is 2. The van der Waals surface area contributed by atoms with Crippen molar-refractivity contribution in [2.75, 3.05) is 13.1 Å². The summed E-state index contributed by atoms with van der Waals surface area (Å²) in [6, 6.07) is 8.72. The van der Waals surface area contributed by atoms with Crippen LogP contribution in [0, 0.1) is 0 Å². The number of carbonyl (C=O) groups excluding carboxylic acids is 2. The zero-order valence-electron chi connectivity index (χ0n) is 10.1. The average Bonchev–Trinajstić information content (AvgIpc) is 2.98. The van der Waals surface area contributed by atoms with E-state index >= 15 is 0 Å². The van der Waals surface area contributed by atoms with Gasteiger partial charge in [-0.1, -0.05) is 12.1 Å². The fourth-order valence-corrected chi connectivity index (χ4v) is 2.07. The molecule has 0 saturated carbocycles. The van der Waals surface area contributed by atoms with E-state index in [0.717, 1.165) is 0 Å². The second-order valence-electron chi connectivity index (χ2n) is 3.70. The van der Waals surface area contributed by atoms with E-state index in [1.807, 2.05) is 11.4 Å². The fraction of sp³-hybridized carbons (Fsp3) is 0.154. The van der Waals surface area contributed by atoms with Crippen molar-refractivity contribution in [2.45, 2.75) is 0 Å². The molecule has 5 nitrogen and oxygen atoms in total. The fourth-order valence-electron chi connectivity index (χ4n) is 1.43. The molecule has 0 aliphatic carbocycles. The summed E-state index contributed by atoms with van der Waals surface area (Å²) >= 11 is 1.38. The van der Waals surface area contributed by atoms with Crippen molar-refractivity contribution in [3.05, 3.63) is 52.5 Å². The van der Waals surface area contributed by atoms with E-state index in [9.17, 15) is 9.59 Å². The predicted molar refractivity (Wildman–Crippen MR) is 73.2 cm³/mol. The molecule has 2 N–H and O–H groups in total. The SMILES string of the molecule is O=C(NCCNC(=O)c1cccs1)c1ccccn1. The van der Waals surface area contributed by atoms with Gasteiger partial charge in [-0.2, -0.15) is 0 Å². The molecule has 2 aromatic rings. The van der Waals surface area contributed by atoms with E-state index in [4.69, 9.17) is 0 Å². The summed E-state index contributed by atoms with van der Waals surface area (Å²) in [7, 11) is 0. The maximum absolute atomic E-state index is 11.6. The van der Waals surface area contributed by atoms with Gasteiger partial charge < -0.3 is 10.6 Å². The average molecular weight is 275 g/mol. The summed E-state index contributed by atoms with van der Waals surface area (Å²) < 4.78 is 0. The lowest BCUT2D eigenvalue weighted by Crippen LogP contribution is -2.34. The molecule has 2 heterocycles. The van der Waals surface area contributed by atoms with Crippen LogP contribution in [0.15, 0.2) is 41.9 Å². The highest BCUT2D eigenvalue weighted by atomic mass is 32.1. The number of aromatic nitrogens is 1. The molecule has 2 amide bonds. The Kier molecular flexibility index (Phi) is 4.63. The second-order valence-corrected chi connectivity index (χ2v) is 4.65. The Bertz CT molecular complexity index is 540. The van der Waals surface area contributed by atoms with E-state index in [-0.39, 0.29) is 11.8 Å². The normalized spacial score (nSPS) is 9.89. The maximum Gasteiger partial charge on any atom is 0.269 e. The van der Waals surface area contributed by atoms with Crippen LogP contribution in [0.5, 0.6) is 0 Å². The Morgan fingerprint density at radius 3 is 2.47 bits per heavy atom. The lowest BCUT2D eigenvalue weighted by molar-refractivity contribution is 0.0927. The number of thiophene rings is 1. The van der Waals surface area contributed by atoms with Gasteiger partial charge in [0, 0.05) is 19.3 Å². The second kappa shape index (κ2) is 6.65. The van der Waals surface area contributed by atoms with Crippen molar-refractivity contribution in [3.63, 3.8) is 0 Å². The molecule has 0 bridgehead atoms. The molecule has 0 saturated heterocycles. The van der Waals surface area contributed by atoms with E-state index in [1.165, 1.54) is 11.3 Å². The quantitative estimate of drug-likeness (QED) is 0.808. The summed E-state index contributed by atoms with van der Waals surface area (Å²) in [5.41, 5.74) is 0.368. The summed E-state index contributed by atoms with van der Waals surface area (Å²) in [5.74, 6) is -0.368. The standard InChI is InChI=1S/C13H13N3O2S/c17-12(10-4-1-2-6-14-10)15-7-8-16-13(18)11-5-3-9-19-11/h1-6,9H,7-8H2,(H,15,17)(H,16,18). The molecule has 0 radical (unpaired) electrons. The maximum atomic E-state index is 11.6. The molecule has 2 rings (SSSR count). The first-order valence-electron chi connectivity index (χ1n) is 5.78. The molecule has 0 fully saturated rings. The molecule has 0 aliphatic rings. The lowest BCUT2D eigenvalue weighted by Gasteiger charge is -2.05. The van der Waals surface area contributed by atoms with Gasteiger partial charge in [0.15, 0.2) is 0 Å². The molecule has 0 spiro atoms. The summed E-state index contributed by atoms with van der Waals surface area (Å²) in [5, 5.41) is 7.26. The van der Waals surface area contributed by atoms with Gasteiger partial charge in [0.05, 0.1) is 4.88 Å². The number of rotatable bonds is 5. The van der Waals surface area contributed by atoms with Gasteiger partial charge in [-0.05, 0) is 23.6 Å². The van der Waals surface area contributed by atoms with Gasteiger partial charge in [0.1, 0.15) is 5.69 Å². The summed E-state index contributed by atoms with van der Waals surface area (Å²) in [6.45, 7) is 0.752. The van der Waals surface area contributed by atoms with Gasteiger partial charge in [-0.25, -0.2) is 0 Å². The Balaban J connectivity index is 1.70. The van der Waals surface area contributed by atoms with Crippen molar-refractivity contribution < 1.29 is 9.59 Å². The van der Waals surface area contributed by atoms with Crippen molar-refractivity contribution in [1.82, 2.24) is 15.6 Å². The first kappa shape index (κ1) is 13.2. The van der Waals surface area contributed by atoms with Crippen LogP contribution in [0.25, 0.3) is 0 Å². The van der Waals surface area contributed by atoms with Crippen LogP contribution in [0.4, 0.5) is 0 Å². The van der Waals surface area contributed by atoms with Crippen molar-refractivity contribution in [2.24, 2.45) is 0 Å². The zero-order valence-corrected chi connectivity index (χ0v) is 10.9. The molecule has 6 heteroatoms. The Morgan fingerprint density at radius 2 is 1.84 bits per heavy atom. The monoisotopic (exact) mass is 275 g/mol. The Labute approximate surface area is 114 Å². The van der Waals surface area contributed by atoms with E-state index in [0.29, 0.717) is 23.7 Å². The van der Waals surface area contributed by atoms with Crippen LogP contribution < -0.4 is 10.6 Å². The number of pyridine rings is 1. The van der Waals surface area contributed by atoms with E-state index < -0.39 is 0 Å². The van der Waals surface area contributed by atoms with Crippen LogP contribution in [0.2, 0.25) is 0 Å². The number of carbonyl (C=O) groups is 2. The van der Waals surface area contributed by atoms with Crippen LogP contribution in [0.1, 0.15) is 20.2 Å². The Morgan fingerprint density at radius 1 is 1.05 bits per heavy atom. The molecule has 2 aromatic heterocycles. The molecule has 0 unspecified atom stereocenters. The first-order chi connectivity index (χ1) is 9.27. The summed E-state index contributed by atoms with van der Waals surface area (Å²) in [4.78, 5) is 27.8. The van der Waals surface area contributed by atoms with Gasteiger partial charge in [-0.3, -0.25) is 14.6 Å². The van der Waals surface area contributed by atoms with Gasteiger partial charge in [-0.15, -0.1) is 11.3 Å². The predicted octanol–water partition coefficient (Wildman–Crippen LogP) is 1.30. The van der Waals surface area contributed by atoms with Crippen molar-refractivity contribution >= 4 is 23.2 Å². The first-order valence-corrected chi connectivity index (χ1v) is 6.66. The van der Waals surface area contributed by atoms with Gasteiger partial charge >= 0.3 is 0 Å². The van der Waals surface area contributed by atoms with Crippen LogP contribution in [0.3, 0.4) is 0 Å². The van der Waals surface area contributed by atoms with E-state index in [2.05, 4.69) is 15.6 Å². The zero-order chi connectivity index (χ0) is 13.5. The minimum atomic E-state index is -0.244. The minimum absolute atomic E-state index is 0.123. The number of nitrogens with zero attached hydrogens (tertiary/aromatic N) is 1. The molecular weight excluding hydrogens is 262 g/mol. The number of amides is 2. The number of hydrogen-bond acceptors (Lipinski definition) is 4. The van der Waals surface area contributed by atoms with Gasteiger partial charge in [0.2, 0.25) is 0 Å². The summed E-state index contributed by atoms with van der Waals surface area (Å²) in [6.07, 6.45) is 1.56. The van der Waals surface area contributed by atoms with Crippen LogP contribution in [-0.2, 0) is 0 Å². The Hall–Kier alpha value is -2.21. The molecule has 0 aromatic carbocycles. The minimum Gasteiger partial charge on any atom is -0.350 e.